The van der Waals surface area contributed by atoms with Crippen LogP contribution in [0.5, 0.6) is 0 Å². The maximum atomic E-state index is 11.2. The Bertz CT molecular complexity index is 611. The van der Waals surface area contributed by atoms with E-state index >= 15 is 0 Å². The summed E-state index contributed by atoms with van der Waals surface area (Å²) in [4.78, 5) is 23.0. The number of oxazole rings is 1. The van der Waals surface area contributed by atoms with Crippen LogP contribution in [0.1, 0.15) is 0 Å². The van der Waals surface area contributed by atoms with Crippen molar-refractivity contribution in [1.29, 1.82) is 0 Å². The molecule has 0 saturated carbocycles. The highest BCUT2D eigenvalue weighted by Gasteiger charge is 2.11. The van der Waals surface area contributed by atoms with Gasteiger partial charge < -0.3 is 9.52 Å². The number of amides is 1. The fraction of sp³-hybridized carbons (Fsp3) is 0.200. The number of hydrogen-bond donors (Lipinski definition) is 1. The Morgan fingerprint density at radius 2 is 2.19 bits per heavy atom. The van der Waals surface area contributed by atoms with E-state index in [1.807, 2.05) is 0 Å². The van der Waals surface area contributed by atoms with Crippen molar-refractivity contribution in [2.24, 2.45) is 7.05 Å². The molecule has 2 rings (SSSR count). The van der Waals surface area contributed by atoms with Crippen molar-refractivity contribution in [2.75, 3.05) is 11.9 Å². The second-order valence-electron chi connectivity index (χ2n) is 3.42. The van der Waals surface area contributed by atoms with Gasteiger partial charge in [0.05, 0.1) is 5.52 Å². The van der Waals surface area contributed by atoms with E-state index in [1.165, 1.54) is 11.6 Å². The van der Waals surface area contributed by atoms with E-state index in [4.69, 9.17) is 9.52 Å². The molecule has 0 aliphatic carbocycles. The Morgan fingerprint density at radius 1 is 1.50 bits per heavy atom. The Morgan fingerprint density at radius 3 is 2.81 bits per heavy atom. The van der Waals surface area contributed by atoms with E-state index in [1.54, 1.807) is 25.2 Å². The van der Waals surface area contributed by atoms with Crippen LogP contribution in [0.15, 0.2) is 27.4 Å². The zero-order valence-corrected chi connectivity index (χ0v) is 8.80. The lowest BCUT2D eigenvalue weighted by atomic mass is 10.2. The van der Waals surface area contributed by atoms with E-state index < -0.39 is 11.8 Å². The molecule has 0 radical (unpaired) electrons. The van der Waals surface area contributed by atoms with Gasteiger partial charge >= 0.3 is 11.8 Å². The van der Waals surface area contributed by atoms with Gasteiger partial charge in [-0.25, -0.2) is 9.59 Å². The van der Waals surface area contributed by atoms with Crippen molar-refractivity contribution in [3.05, 3.63) is 28.7 Å². The lowest BCUT2D eigenvalue weighted by Gasteiger charge is -2.12. The molecule has 0 bridgehead atoms. The quantitative estimate of drug-likeness (QED) is 0.787. The molecule has 2 aromatic rings. The molecular weight excluding hydrogens is 212 g/mol. The molecule has 1 amide bonds. The molecule has 0 spiro atoms. The molecule has 1 N–H and O–H groups in total. The summed E-state index contributed by atoms with van der Waals surface area (Å²) >= 11 is 0. The second-order valence-corrected chi connectivity index (χ2v) is 3.42. The number of nitrogens with zero attached hydrogens (tertiary/aromatic N) is 2. The fourth-order valence-corrected chi connectivity index (χ4v) is 1.43. The van der Waals surface area contributed by atoms with Crippen LogP contribution >= 0.6 is 0 Å². The topological polar surface area (TPSA) is 75.7 Å². The van der Waals surface area contributed by atoms with Crippen LogP contribution in [-0.4, -0.2) is 22.8 Å². The molecule has 0 aliphatic heterocycles. The van der Waals surface area contributed by atoms with Gasteiger partial charge in [0, 0.05) is 19.8 Å². The van der Waals surface area contributed by atoms with Gasteiger partial charge in [-0.15, -0.1) is 0 Å². The molecule has 0 fully saturated rings. The number of hydrogen-bond acceptors (Lipinski definition) is 3. The number of rotatable bonds is 1. The van der Waals surface area contributed by atoms with E-state index in [-0.39, 0.29) is 0 Å². The molecule has 0 saturated heterocycles. The van der Waals surface area contributed by atoms with Crippen molar-refractivity contribution < 1.29 is 14.3 Å². The molecule has 1 heterocycles. The summed E-state index contributed by atoms with van der Waals surface area (Å²) in [6.45, 7) is 0. The maximum absolute atomic E-state index is 11.2. The summed E-state index contributed by atoms with van der Waals surface area (Å²) in [5.74, 6) is -0.467. The van der Waals surface area contributed by atoms with Gasteiger partial charge in [-0.3, -0.25) is 9.47 Å². The predicted octanol–water partition coefficient (Wildman–Crippen LogP) is 1.25. The fourth-order valence-electron chi connectivity index (χ4n) is 1.43. The van der Waals surface area contributed by atoms with Gasteiger partial charge in [0.15, 0.2) is 5.58 Å². The zero-order chi connectivity index (χ0) is 11.9. The first kappa shape index (κ1) is 10.3. The third-order valence-electron chi connectivity index (χ3n) is 2.45. The third kappa shape index (κ3) is 1.44. The molecule has 0 atom stereocenters. The Balaban J connectivity index is 2.63. The lowest BCUT2D eigenvalue weighted by molar-refractivity contribution is 0.203. The highest BCUT2D eigenvalue weighted by molar-refractivity contribution is 5.88. The molecule has 6 nitrogen and oxygen atoms in total. The van der Waals surface area contributed by atoms with Gasteiger partial charge in [0.1, 0.15) is 0 Å². The Kier molecular flexibility index (Phi) is 2.19. The molecular formula is C10H10N2O4. The number of fused-ring (bicyclic) bond motifs is 1. The smallest absolute Gasteiger partial charge is 0.419 e. The number of aromatic nitrogens is 1. The number of benzene rings is 1. The predicted molar refractivity (Wildman–Crippen MR) is 57.9 cm³/mol. The lowest BCUT2D eigenvalue weighted by Crippen LogP contribution is -2.23. The van der Waals surface area contributed by atoms with Crippen LogP contribution in [-0.2, 0) is 7.05 Å². The summed E-state index contributed by atoms with van der Waals surface area (Å²) in [6.07, 6.45) is -1.06. The van der Waals surface area contributed by atoms with E-state index in [0.717, 1.165) is 4.90 Å². The number of anilines is 1. The van der Waals surface area contributed by atoms with Gasteiger partial charge in [-0.2, -0.15) is 0 Å². The third-order valence-corrected chi connectivity index (χ3v) is 2.45. The largest absolute Gasteiger partial charge is 0.465 e. The first-order valence-electron chi connectivity index (χ1n) is 4.57. The average Bonchev–Trinajstić information content (AvgIpc) is 2.53. The summed E-state index contributed by atoms with van der Waals surface area (Å²) in [7, 11) is 3.00. The molecule has 1 aromatic heterocycles. The van der Waals surface area contributed by atoms with Gasteiger partial charge in [-0.05, 0) is 18.2 Å². The minimum Gasteiger partial charge on any atom is -0.465 e. The molecule has 6 heteroatoms. The number of carbonyl (C=O) groups is 1. The number of aryl methyl sites for hydroxylation is 1. The van der Waals surface area contributed by atoms with Gasteiger partial charge in [0.25, 0.3) is 0 Å². The summed E-state index contributed by atoms with van der Waals surface area (Å²) in [5, 5.41) is 8.82. The van der Waals surface area contributed by atoms with Gasteiger partial charge in [0.2, 0.25) is 0 Å². The second kappa shape index (κ2) is 3.41. The van der Waals surface area contributed by atoms with Crippen LogP contribution in [0.4, 0.5) is 10.5 Å². The van der Waals surface area contributed by atoms with E-state index in [2.05, 4.69) is 0 Å². The number of carboxylic acid groups (broad SMARTS) is 1. The van der Waals surface area contributed by atoms with E-state index in [0.29, 0.717) is 16.8 Å². The minimum absolute atomic E-state index is 0.440. The monoisotopic (exact) mass is 222 g/mol. The van der Waals surface area contributed by atoms with Crippen LogP contribution in [0.2, 0.25) is 0 Å². The van der Waals surface area contributed by atoms with Crippen LogP contribution < -0.4 is 10.7 Å². The zero-order valence-electron chi connectivity index (χ0n) is 8.80. The normalized spacial score (nSPS) is 10.6. The SMILES string of the molecule is CN(C(=O)O)c1ccc2oc(=O)n(C)c2c1. The van der Waals surface area contributed by atoms with Crippen molar-refractivity contribution in [3.8, 4) is 0 Å². The first-order valence-corrected chi connectivity index (χ1v) is 4.57. The van der Waals surface area contributed by atoms with Crippen LogP contribution in [0.3, 0.4) is 0 Å². The molecule has 0 unspecified atom stereocenters. The summed E-state index contributed by atoms with van der Waals surface area (Å²) in [6, 6.07) is 4.75. The summed E-state index contributed by atoms with van der Waals surface area (Å²) < 4.78 is 6.26. The van der Waals surface area contributed by atoms with Crippen molar-refractivity contribution >= 4 is 22.9 Å². The Hall–Kier alpha value is -2.24. The minimum atomic E-state index is -1.06. The highest BCUT2D eigenvalue weighted by atomic mass is 16.4. The van der Waals surface area contributed by atoms with Gasteiger partial charge in [-0.1, -0.05) is 0 Å². The van der Waals surface area contributed by atoms with Crippen molar-refractivity contribution in [3.63, 3.8) is 0 Å². The van der Waals surface area contributed by atoms with Crippen LogP contribution in [0, 0.1) is 0 Å². The van der Waals surface area contributed by atoms with Crippen molar-refractivity contribution in [2.45, 2.75) is 0 Å². The van der Waals surface area contributed by atoms with Crippen molar-refractivity contribution in [1.82, 2.24) is 4.57 Å². The molecule has 84 valence electrons. The van der Waals surface area contributed by atoms with Crippen LogP contribution in [0.25, 0.3) is 11.1 Å². The maximum Gasteiger partial charge on any atom is 0.419 e. The highest BCUT2D eigenvalue weighted by Crippen LogP contribution is 2.20. The average molecular weight is 222 g/mol. The molecule has 16 heavy (non-hydrogen) atoms. The van der Waals surface area contributed by atoms with E-state index in [9.17, 15) is 9.59 Å². The standard InChI is InChI=1S/C10H10N2O4/c1-11(9(13)14)6-3-4-8-7(5-6)12(2)10(15)16-8/h3-5H,1-2H3,(H,13,14). The molecule has 0 aliphatic rings. The molecule has 1 aromatic carbocycles. The first-order chi connectivity index (χ1) is 7.50. The Labute approximate surface area is 90.3 Å². The summed E-state index contributed by atoms with van der Waals surface area (Å²) in [5.41, 5.74) is 1.49.